The number of halogens is 1. The Morgan fingerprint density at radius 2 is 1.90 bits per heavy atom. The molecule has 1 saturated carbocycles. The van der Waals surface area contributed by atoms with Gasteiger partial charge in [0.15, 0.2) is 0 Å². The lowest BCUT2D eigenvalue weighted by atomic mass is 9.79. The molecule has 2 heterocycles. The van der Waals surface area contributed by atoms with E-state index in [-0.39, 0.29) is 10.9 Å². The second-order valence-electron chi connectivity index (χ2n) is 5.69. The van der Waals surface area contributed by atoms with Crippen LogP contribution < -0.4 is 0 Å². The van der Waals surface area contributed by atoms with Gasteiger partial charge in [-0.3, -0.25) is 0 Å². The number of aromatic nitrogens is 1. The lowest BCUT2D eigenvalue weighted by Crippen LogP contribution is -2.49. The molecule has 6 heteroatoms. The summed E-state index contributed by atoms with van der Waals surface area (Å²) in [5.74, 6) is 0.535. The predicted molar refractivity (Wildman–Crippen MR) is 78.1 cm³/mol. The summed E-state index contributed by atoms with van der Waals surface area (Å²) >= 11 is 5.74. The first-order valence-corrected chi connectivity index (χ1v) is 9.04. The molecule has 110 valence electrons. The molecule has 0 unspecified atom stereocenters. The number of rotatable bonds is 2. The lowest BCUT2D eigenvalue weighted by Gasteiger charge is -2.43. The smallest absolute Gasteiger partial charge is 0.243 e. The van der Waals surface area contributed by atoms with Crippen LogP contribution in [0.5, 0.6) is 0 Å². The molecule has 20 heavy (non-hydrogen) atoms. The Kier molecular flexibility index (Phi) is 4.02. The van der Waals surface area contributed by atoms with E-state index in [2.05, 4.69) is 4.98 Å². The highest BCUT2D eigenvalue weighted by molar-refractivity contribution is 7.89. The number of hydrogen-bond acceptors (Lipinski definition) is 3. The number of sulfonamides is 1. The topological polar surface area (TPSA) is 50.3 Å². The van der Waals surface area contributed by atoms with Gasteiger partial charge in [-0.1, -0.05) is 24.4 Å². The predicted octanol–water partition coefficient (Wildman–Crippen LogP) is 3.08. The van der Waals surface area contributed by atoms with Crippen molar-refractivity contribution in [3.63, 3.8) is 0 Å². The van der Waals surface area contributed by atoms with Crippen LogP contribution in [0.4, 0.5) is 0 Å². The number of pyridine rings is 1. The van der Waals surface area contributed by atoms with Crippen LogP contribution in [0.3, 0.4) is 0 Å². The van der Waals surface area contributed by atoms with Crippen molar-refractivity contribution >= 4 is 21.6 Å². The molecule has 0 amide bonds. The highest BCUT2D eigenvalue weighted by atomic mass is 35.5. The molecular weight excluding hydrogens is 296 g/mol. The van der Waals surface area contributed by atoms with Crippen molar-refractivity contribution < 1.29 is 8.42 Å². The van der Waals surface area contributed by atoms with Gasteiger partial charge < -0.3 is 0 Å². The van der Waals surface area contributed by atoms with Gasteiger partial charge in [0, 0.05) is 18.8 Å². The van der Waals surface area contributed by atoms with Crippen molar-refractivity contribution in [1.29, 1.82) is 0 Å². The Morgan fingerprint density at radius 3 is 2.65 bits per heavy atom. The van der Waals surface area contributed by atoms with E-state index < -0.39 is 10.0 Å². The third kappa shape index (κ3) is 2.59. The molecule has 0 radical (unpaired) electrons. The van der Waals surface area contributed by atoms with E-state index in [4.69, 9.17) is 11.6 Å². The minimum atomic E-state index is -3.44. The maximum atomic E-state index is 12.8. The maximum Gasteiger partial charge on any atom is 0.244 e. The summed E-state index contributed by atoms with van der Waals surface area (Å²) in [5.41, 5.74) is 0. The third-order valence-corrected chi connectivity index (χ3v) is 6.63. The molecule has 1 aromatic rings. The molecule has 1 aliphatic carbocycles. The fraction of sp³-hybridized carbons (Fsp3) is 0.643. The maximum absolute atomic E-state index is 12.8. The molecule has 0 spiro atoms. The number of piperidine rings is 1. The molecule has 1 aromatic heterocycles. The van der Waals surface area contributed by atoms with E-state index in [1.807, 2.05) is 0 Å². The summed E-state index contributed by atoms with van der Waals surface area (Å²) in [7, 11) is -3.44. The molecule has 4 nitrogen and oxygen atoms in total. The van der Waals surface area contributed by atoms with Crippen LogP contribution in [0.1, 0.15) is 38.5 Å². The second-order valence-corrected chi connectivity index (χ2v) is 7.96. The molecule has 0 bridgehead atoms. The van der Waals surface area contributed by atoms with Gasteiger partial charge in [-0.25, -0.2) is 13.4 Å². The van der Waals surface area contributed by atoms with Crippen LogP contribution in [0.2, 0.25) is 5.15 Å². The zero-order valence-electron chi connectivity index (χ0n) is 11.3. The molecular formula is C14H19ClN2O2S. The Morgan fingerprint density at radius 1 is 1.15 bits per heavy atom. The molecule has 2 fully saturated rings. The Hall–Kier alpha value is -0.650. The Bertz CT molecular complexity index is 571. The second kappa shape index (κ2) is 5.62. The summed E-state index contributed by atoms with van der Waals surface area (Å²) in [4.78, 5) is 4.16. The minimum Gasteiger partial charge on any atom is -0.243 e. The van der Waals surface area contributed by atoms with E-state index in [9.17, 15) is 8.42 Å². The molecule has 0 N–H and O–H groups in total. The van der Waals surface area contributed by atoms with Gasteiger partial charge in [0.1, 0.15) is 10.0 Å². The zero-order chi connectivity index (χ0) is 14.2. The summed E-state index contributed by atoms with van der Waals surface area (Å²) in [6, 6.07) is 3.27. The summed E-state index contributed by atoms with van der Waals surface area (Å²) in [6.07, 6.45) is 8.01. The number of fused-ring (bicyclic) bond motifs is 1. The van der Waals surface area contributed by atoms with Crippen molar-refractivity contribution in [1.82, 2.24) is 9.29 Å². The van der Waals surface area contributed by atoms with Crippen LogP contribution in [-0.4, -0.2) is 30.3 Å². The monoisotopic (exact) mass is 314 g/mol. The van der Waals surface area contributed by atoms with Gasteiger partial charge in [-0.05, 0) is 43.7 Å². The van der Waals surface area contributed by atoms with Crippen LogP contribution >= 0.6 is 11.6 Å². The van der Waals surface area contributed by atoms with E-state index in [0.29, 0.717) is 17.6 Å². The molecule has 0 aromatic carbocycles. The standard InChI is InChI=1S/C14H19ClN2O2S/c15-14-8-7-12(10-16-14)20(18,19)17-9-3-5-11-4-1-2-6-13(11)17/h7-8,10-11,13H,1-6,9H2/t11-,13+/m0/s1. The van der Waals surface area contributed by atoms with Gasteiger partial charge in [-0.2, -0.15) is 4.31 Å². The Balaban J connectivity index is 1.91. The number of hydrogen-bond donors (Lipinski definition) is 0. The highest BCUT2D eigenvalue weighted by Crippen LogP contribution is 2.37. The van der Waals surface area contributed by atoms with Crippen molar-refractivity contribution in [2.75, 3.05) is 6.54 Å². The van der Waals surface area contributed by atoms with E-state index in [1.165, 1.54) is 18.7 Å². The SMILES string of the molecule is O=S(=O)(c1ccc(Cl)nc1)N1CCC[C@@H]2CCCC[C@H]21. The highest BCUT2D eigenvalue weighted by Gasteiger charge is 2.39. The van der Waals surface area contributed by atoms with E-state index in [1.54, 1.807) is 10.4 Å². The average molecular weight is 315 g/mol. The van der Waals surface area contributed by atoms with Gasteiger partial charge in [0.2, 0.25) is 10.0 Å². The van der Waals surface area contributed by atoms with Crippen molar-refractivity contribution in [2.24, 2.45) is 5.92 Å². The first-order chi connectivity index (χ1) is 9.59. The molecule has 1 aliphatic heterocycles. The molecule has 1 saturated heterocycles. The first-order valence-electron chi connectivity index (χ1n) is 7.22. The van der Waals surface area contributed by atoms with Crippen molar-refractivity contribution in [2.45, 2.75) is 49.5 Å². The fourth-order valence-corrected chi connectivity index (χ4v) is 5.34. The first kappa shape index (κ1) is 14.3. The average Bonchev–Trinajstić information content (AvgIpc) is 2.47. The molecule has 2 atom stereocenters. The van der Waals surface area contributed by atoms with Crippen LogP contribution in [0.15, 0.2) is 23.2 Å². The number of nitrogens with zero attached hydrogens (tertiary/aromatic N) is 2. The lowest BCUT2D eigenvalue weighted by molar-refractivity contribution is 0.129. The minimum absolute atomic E-state index is 0.179. The largest absolute Gasteiger partial charge is 0.244 e. The van der Waals surface area contributed by atoms with Crippen LogP contribution in [0, 0.1) is 5.92 Å². The van der Waals surface area contributed by atoms with Crippen molar-refractivity contribution in [3.8, 4) is 0 Å². The quantitative estimate of drug-likeness (QED) is 0.788. The summed E-state index contributed by atoms with van der Waals surface area (Å²) < 4.78 is 27.3. The zero-order valence-corrected chi connectivity index (χ0v) is 12.9. The summed E-state index contributed by atoms with van der Waals surface area (Å²) in [6.45, 7) is 0.631. The normalized spacial score (nSPS) is 28.1. The molecule has 3 rings (SSSR count). The van der Waals surface area contributed by atoms with Gasteiger partial charge in [0.05, 0.1) is 0 Å². The van der Waals surface area contributed by atoms with Gasteiger partial charge in [-0.15, -0.1) is 0 Å². The summed E-state index contributed by atoms with van der Waals surface area (Å²) in [5, 5.41) is 0.318. The van der Waals surface area contributed by atoms with Crippen LogP contribution in [-0.2, 0) is 10.0 Å². The van der Waals surface area contributed by atoms with E-state index >= 15 is 0 Å². The third-order valence-electron chi connectivity index (χ3n) is 4.50. The van der Waals surface area contributed by atoms with Crippen molar-refractivity contribution in [3.05, 3.63) is 23.5 Å². The van der Waals surface area contributed by atoms with Crippen LogP contribution in [0.25, 0.3) is 0 Å². The van der Waals surface area contributed by atoms with Gasteiger partial charge in [0.25, 0.3) is 0 Å². The Labute approximate surface area is 125 Å². The van der Waals surface area contributed by atoms with Gasteiger partial charge >= 0.3 is 0 Å². The van der Waals surface area contributed by atoms with E-state index in [0.717, 1.165) is 32.1 Å². The molecule has 2 aliphatic rings. The fourth-order valence-electron chi connectivity index (χ4n) is 3.53.